The molecule has 1 aromatic heterocycles. The molecule has 0 radical (unpaired) electrons. The quantitative estimate of drug-likeness (QED) is 0.261. The van der Waals surface area contributed by atoms with Gasteiger partial charge in [0, 0.05) is 17.6 Å². The molecule has 8 nitrogen and oxygen atoms in total. The van der Waals surface area contributed by atoms with Gasteiger partial charge in [0.2, 0.25) is 5.91 Å². The molecule has 0 aliphatic rings. The van der Waals surface area contributed by atoms with Gasteiger partial charge in [0.25, 0.3) is 0 Å². The molecule has 2 aromatic carbocycles. The number of nitrogens with zero attached hydrogens (tertiary/aromatic N) is 2. The maximum atomic E-state index is 12.1. The lowest BCUT2D eigenvalue weighted by molar-refractivity contribution is -0.384. The van der Waals surface area contributed by atoms with Crippen LogP contribution >= 0.6 is 11.3 Å². The zero-order chi connectivity index (χ0) is 21.3. The summed E-state index contributed by atoms with van der Waals surface area (Å²) in [6, 6.07) is 17.0. The molecule has 3 aromatic rings. The minimum atomic E-state index is -0.567. The van der Waals surface area contributed by atoms with Crippen molar-refractivity contribution in [1.82, 2.24) is 10.3 Å². The third-order valence-electron chi connectivity index (χ3n) is 4.39. The van der Waals surface area contributed by atoms with E-state index in [1.807, 2.05) is 54.6 Å². The number of benzene rings is 2. The van der Waals surface area contributed by atoms with Crippen LogP contribution in [0.4, 0.5) is 10.8 Å². The van der Waals surface area contributed by atoms with Crippen LogP contribution in [-0.2, 0) is 17.6 Å². The maximum absolute atomic E-state index is 12.1. The van der Waals surface area contributed by atoms with E-state index in [-0.39, 0.29) is 17.5 Å². The van der Waals surface area contributed by atoms with Crippen LogP contribution in [0.3, 0.4) is 0 Å². The Morgan fingerprint density at radius 2 is 1.90 bits per heavy atom. The van der Waals surface area contributed by atoms with E-state index >= 15 is 0 Å². The van der Waals surface area contributed by atoms with E-state index < -0.39 is 11.0 Å². The summed E-state index contributed by atoms with van der Waals surface area (Å²) in [5.41, 5.74) is 3.02. The van der Waals surface area contributed by atoms with Gasteiger partial charge in [0.1, 0.15) is 0 Å². The molecule has 0 fully saturated rings. The van der Waals surface area contributed by atoms with E-state index in [4.69, 9.17) is 0 Å². The number of carbonyl (C=O) groups excluding carboxylic acids is 1. The molecule has 3 rings (SSSR count). The predicted octanol–water partition coefficient (Wildman–Crippen LogP) is 3.10. The normalized spacial score (nSPS) is 11.8. The highest BCUT2D eigenvalue weighted by atomic mass is 32.1. The van der Waals surface area contributed by atoms with Gasteiger partial charge in [-0.25, -0.2) is 0 Å². The molecule has 0 saturated carbocycles. The molecular weight excluding hydrogens is 404 g/mol. The maximum Gasteiger partial charge on any atom is 0.423 e. The first kappa shape index (κ1) is 21.6. The van der Waals surface area contributed by atoms with Gasteiger partial charge in [0.05, 0.1) is 12.5 Å². The highest BCUT2D eigenvalue weighted by Crippen LogP contribution is 2.18. The lowest BCUT2D eigenvalue weighted by atomic mass is 10.1. The molecule has 0 bridgehead atoms. The van der Waals surface area contributed by atoms with Gasteiger partial charge in [-0.15, -0.1) is 0 Å². The summed E-state index contributed by atoms with van der Waals surface area (Å²) >= 11 is 0.906. The van der Waals surface area contributed by atoms with Gasteiger partial charge >= 0.3 is 5.13 Å². The second-order valence-corrected chi connectivity index (χ2v) is 7.52. The van der Waals surface area contributed by atoms with Crippen LogP contribution in [0.2, 0.25) is 0 Å². The average molecular weight is 426 g/mol. The van der Waals surface area contributed by atoms with Gasteiger partial charge in [-0.05, 0) is 57.5 Å². The van der Waals surface area contributed by atoms with Crippen molar-refractivity contribution < 1.29 is 14.8 Å². The number of hydrogen-bond donors (Lipinski definition) is 3. The van der Waals surface area contributed by atoms with E-state index in [9.17, 15) is 20.0 Å². The Labute approximate surface area is 177 Å². The van der Waals surface area contributed by atoms with Gasteiger partial charge in [-0.2, -0.15) is 0 Å². The van der Waals surface area contributed by atoms with Crippen molar-refractivity contribution in [3.63, 3.8) is 0 Å². The van der Waals surface area contributed by atoms with Crippen molar-refractivity contribution in [3.8, 4) is 0 Å². The summed E-state index contributed by atoms with van der Waals surface area (Å²) < 4.78 is 0. The summed E-state index contributed by atoms with van der Waals surface area (Å²) in [7, 11) is 0. The Morgan fingerprint density at radius 3 is 2.57 bits per heavy atom. The van der Waals surface area contributed by atoms with Crippen molar-refractivity contribution in [1.29, 1.82) is 0 Å². The number of carbonyl (C=O) groups is 1. The summed E-state index contributed by atoms with van der Waals surface area (Å²) in [6.45, 7) is 1.20. The molecule has 9 heteroatoms. The number of aliphatic hydroxyl groups excluding tert-OH is 1. The summed E-state index contributed by atoms with van der Waals surface area (Å²) in [5, 5.41) is 28.1. The van der Waals surface area contributed by atoms with Crippen molar-refractivity contribution in [3.05, 3.63) is 86.9 Å². The Hall–Kier alpha value is -3.14. The minimum Gasteiger partial charge on any atom is -0.387 e. The fourth-order valence-electron chi connectivity index (χ4n) is 2.85. The summed E-state index contributed by atoms with van der Waals surface area (Å²) in [5.74, 6) is -0.278. The van der Waals surface area contributed by atoms with Crippen LogP contribution in [0.5, 0.6) is 0 Å². The first-order valence-corrected chi connectivity index (χ1v) is 10.3. The van der Waals surface area contributed by atoms with E-state index in [1.54, 1.807) is 0 Å². The number of hydrogen-bond acceptors (Lipinski definition) is 7. The van der Waals surface area contributed by atoms with Gasteiger partial charge in [-0.1, -0.05) is 42.5 Å². The number of amides is 1. The number of thiazole rings is 1. The number of rotatable bonds is 10. The third kappa shape index (κ3) is 6.45. The zero-order valence-corrected chi connectivity index (χ0v) is 17.0. The lowest BCUT2D eigenvalue weighted by Crippen LogP contribution is -2.23. The van der Waals surface area contributed by atoms with Crippen molar-refractivity contribution in [2.75, 3.05) is 18.4 Å². The van der Waals surface area contributed by atoms with Crippen LogP contribution < -0.4 is 10.6 Å². The van der Waals surface area contributed by atoms with Crippen molar-refractivity contribution in [2.45, 2.75) is 18.9 Å². The highest BCUT2D eigenvalue weighted by Gasteiger charge is 2.16. The first-order valence-electron chi connectivity index (χ1n) is 9.42. The SMILES string of the molecule is O=C(Cc1csc([N+](=O)[O-])n1)Nc1ccc(CCNC[C@H](O)c2ccccc2)cc1. The number of nitro groups is 1. The second-order valence-electron chi connectivity index (χ2n) is 6.68. The highest BCUT2D eigenvalue weighted by molar-refractivity contribution is 7.12. The summed E-state index contributed by atoms with van der Waals surface area (Å²) in [6.07, 6.45) is 0.237. The molecule has 30 heavy (non-hydrogen) atoms. The minimum absolute atomic E-state index is 0.0141. The molecule has 1 heterocycles. The Morgan fingerprint density at radius 1 is 1.17 bits per heavy atom. The largest absolute Gasteiger partial charge is 0.423 e. The Balaban J connectivity index is 1.40. The third-order valence-corrected chi connectivity index (χ3v) is 5.23. The standard InChI is InChI=1S/C21H22N4O4S/c26-19(16-4-2-1-3-5-16)13-22-11-10-15-6-8-17(9-7-15)23-20(27)12-18-14-30-21(24-18)25(28)29/h1-9,14,19,22,26H,10-13H2,(H,23,27)/t19-/m0/s1. The monoisotopic (exact) mass is 426 g/mol. The molecule has 3 N–H and O–H groups in total. The molecule has 0 aliphatic heterocycles. The molecule has 0 spiro atoms. The fourth-order valence-corrected chi connectivity index (χ4v) is 3.48. The topological polar surface area (TPSA) is 117 Å². The van der Waals surface area contributed by atoms with Crippen LogP contribution in [0.25, 0.3) is 0 Å². The zero-order valence-electron chi connectivity index (χ0n) is 16.2. The molecule has 1 amide bonds. The summed E-state index contributed by atoms with van der Waals surface area (Å²) in [4.78, 5) is 26.0. The van der Waals surface area contributed by atoms with E-state index in [0.29, 0.717) is 17.9 Å². The molecule has 1 atom stereocenters. The Kier molecular flexibility index (Phi) is 7.61. The predicted molar refractivity (Wildman–Crippen MR) is 116 cm³/mol. The molecule has 0 unspecified atom stereocenters. The molecule has 0 saturated heterocycles. The van der Waals surface area contributed by atoms with E-state index in [0.717, 1.165) is 35.4 Å². The van der Waals surface area contributed by atoms with Crippen LogP contribution in [-0.4, -0.2) is 34.0 Å². The van der Waals surface area contributed by atoms with Gasteiger partial charge in [-0.3, -0.25) is 4.79 Å². The van der Waals surface area contributed by atoms with Crippen molar-refractivity contribution in [2.24, 2.45) is 0 Å². The van der Waals surface area contributed by atoms with Gasteiger partial charge < -0.3 is 25.9 Å². The lowest BCUT2D eigenvalue weighted by Gasteiger charge is -2.12. The van der Waals surface area contributed by atoms with E-state index in [2.05, 4.69) is 15.6 Å². The van der Waals surface area contributed by atoms with E-state index in [1.165, 1.54) is 5.38 Å². The van der Waals surface area contributed by atoms with Crippen LogP contribution in [0, 0.1) is 10.1 Å². The Bertz CT molecular complexity index is 976. The van der Waals surface area contributed by atoms with Crippen LogP contribution in [0.1, 0.15) is 22.9 Å². The fraction of sp³-hybridized carbons (Fsp3) is 0.238. The molecule has 0 aliphatic carbocycles. The second kappa shape index (κ2) is 10.6. The number of aliphatic hydroxyl groups is 1. The number of anilines is 1. The first-order chi connectivity index (χ1) is 14.5. The molecular formula is C21H22N4O4S. The molecule has 156 valence electrons. The smallest absolute Gasteiger partial charge is 0.387 e. The van der Waals surface area contributed by atoms with Crippen molar-refractivity contribution >= 4 is 28.1 Å². The average Bonchev–Trinajstić information content (AvgIpc) is 3.21. The van der Waals surface area contributed by atoms with Crippen LogP contribution in [0.15, 0.2) is 60.0 Å². The number of nitrogens with one attached hydrogen (secondary N) is 2. The van der Waals surface area contributed by atoms with Gasteiger partial charge in [0.15, 0.2) is 5.69 Å². The number of aromatic nitrogens is 1.